The van der Waals surface area contributed by atoms with Crippen molar-refractivity contribution in [3.8, 4) is 23.5 Å². The van der Waals surface area contributed by atoms with Gasteiger partial charge in [-0.05, 0) is 87.9 Å². The molecule has 0 bridgehead atoms. The lowest BCUT2D eigenvalue weighted by atomic mass is 9.94. The standard InChI is InChI=1S/C31H31IN2O2/c1-5-10-23-20(2)29(32)22(4)30(21(23)3)33-15-17-34(18-16-33)31(35)36-19-28-26-13-8-6-11-24(26)25-12-7-9-14-27(25)28/h1,6-9,11-14,28H,10,15-19H2,2-4H3. The van der Waals surface area contributed by atoms with E-state index in [2.05, 4.69) is 103 Å². The highest BCUT2D eigenvalue weighted by atomic mass is 127. The Bertz CT molecular complexity index is 1320. The lowest BCUT2D eigenvalue weighted by molar-refractivity contribution is 0.0976. The molecule has 0 aromatic heterocycles. The predicted molar refractivity (Wildman–Crippen MR) is 155 cm³/mol. The fraction of sp³-hybridized carbons (Fsp3) is 0.323. The maximum absolute atomic E-state index is 13.1. The first-order valence-corrected chi connectivity index (χ1v) is 13.6. The summed E-state index contributed by atoms with van der Waals surface area (Å²) in [5.41, 5.74) is 11.3. The highest BCUT2D eigenvalue weighted by Gasteiger charge is 2.31. The van der Waals surface area contributed by atoms with Crippen LogP contribution in [-0.2, 0) is 11.2 Å². The molecule has 1 heterocycles. The van der Waals surface area contributed by atoms with Crippen LogP contribution >= 0.6 is 22.6 Å². The molecule has 0 saturated carbocycles. The number of halogens is 1. The van der Waals surface area contributed by atoms with E-state index in [4.69, 9.17) is 11.2 Å². The van der Waals surface area contributed by atoms with Gasteiger partial charge in [-0.15, -0.1) is 12.3 Å². The Kier molecular flexibility index (Phi) is 6.98. The van der Waals surface area contributed by atoms with Crippen molar-refractivity contribution in [1.82, 2.24) is 4.90 Å². The first-order chi connectivity index (χ1) is 17.4. The van der Waals surface area contributed by atoms with Crippen LogP contribution in [0.1, 0.15) is 39.3 Å². The van der Waals surface area contributed by atoms with Gasteiger partial charge in [0.2, 0.25) is 0 Å². The molecule has 1 fully saturated rings. The van der Waals surface area contributed by atoms with E-state index in [1.54, 1.807) is 0 Å². The molecular formula is C31H31IN2O2. The Morgan fingerprint density at radius 2 is 1.53 bits per heavy atom. The van der Waals surface area contributed by atoms with Crippen LogP contribution in [0.5, 0.6) is 0 Å². The number of fused-ring (bicyclic) bond motifs is 3. The highest BCUT2D eigenvalue weighted by Crippen LogP contribution is 2.44. The zero-order chi connectivity index (χ0) is 25.4. The molecule has 4 nitrogen and oxygen atoms in total. The summed E-state index contributed by atoms with van der Waals surface area (Å²) in [4.78, 5) is 17.3. The van der Waals surface area contributed by atoms with Crippen LogP contribution in [0, 0.1) is 36.7 Å². The first kappa shape index (κ1) is 24.7. The molecule has 0 N–H and O–H groups in total. The summed E-state index contributed by atoms with van der Waals surface area (Å²) in [7, 11) is 0. The molecule has 5 rings (SSSR count). The highest BCUT2D eigenvalue weighted by molar-refractivity contribution is 14.1. The molecule has 1 saturated heterocycles. The lowest BCUT2D eigenvalue weighted by Gasteiger charge is -2.38. The van der Waals surface area contributed by atoms with E-state index >= 15 is 0 Å². The lowest BCUT2D eigenvalue weighted by Crippen LogP contribution is -2.49. The quantitative estimate of drug-likeness (QED) is 0.258. The van der Waals surface area contributed by atoms with E-state index in [0.29, 0.717) is 26.1 Å². The van der Waals surface area contributed by atoms with Crippen LogP contribution in [0.15, 0.2) is 48.5 Å². The van der Waals surface area contributed by atoms with Crippen molar-refractivity contribution in [1.29, 1.82) is 0 Å². The molecule has 1 amide bonds. The van der Waals surface area contributed by atoms with Crippen molar-refractivity contribution < 1.29 is 9.53 Å². The topological polar surface area (TPSA) is 32.8 Å². The summed E-state index contributed by atoms with van der Waals surface area (Å²) in [6.45, 7) is 9.73. The van der Waals surface area contributed by atoms with Gasteiger partial charge in [0.05, 0.1) is 0 Å². The number of carbonyl (C=O) groups is 1. The van der Waals surface area contributed by atoms with Crippen molar-refractivity contribution >= 4 is 34.4 Å². The van der Waals surface area contributed by atoms with Gasteiger partial charge in [0.25, 0.3) is 0 Å². The summed E-state index contributed by atoms with van der Waals surface area (Å²) in [6, 6.07) is 16.9. The molecule has 3 aromatic carbocycles. The normalized spacial score (nSPS) is 14.9. The van der Waals surface area contributed by atoms with Crippen LogP contribution in [0.4, 0.5) is 10.5 Å². The Morgan fingerprint density at radius 1 is 0.944 bits per heavy atom. The average Bonchev–Trinajstić information content (AvgIpc) is 3.23. The minimum atomic E-state index is -0.225. The van der Waals surface area contributed by atoms with Gasteiger partial charge in [-0.1, -0.05) is 48.5 Å². The SMILES string of the molecule is C#CCc1c(C)c(I)c(C)c(N2CCN(C(=O)OCC3c4ccccc4-c4ccccc43)CC2)c1C. The van der Waals surface area contributed by atoms with Crippen LogP contribution in [0.2, 0.25) is 0 Å². The van der Waals surface area contributed by atoms with Gasteiger partial charge in [0.1, 0.15) is 6.61 Å². The number of terminal acetylenes is 1. The van der Waals surface area contributed by atoms with E-state index in [1.165, 1.54) is 53.8 Å². The molecular weight excluding hydrogens is 559 g/mol. The van der Waals surface area contributed by atoms with Gasteiger partial charge in [0.15, 0.2) is 0 Å². The maximum Gasteiger partial charge on any atom is 0.409 e. The van der Waals surface area contributed by atoms with E-state index in [-0.39, 0.29) is 12.0 Å². The third-order valence-corrected chi connectivity index (χ3v) is 9.36. The Balaban J connectivity index is 1.26. The molecule has 2 aliphatic rings. The zero-order valence-electron chi connectivity index (χ0n) is 21.1. The van der Waals surface area contributed by atoms with E-state index in [1.807, 2.05) is 4.90 Å². The smallest absolute Gasteiger partial charge is 0.409 e. The van der Waals surface area contributed by atoms with Crippen LogP contribution in [-0.4, -0.2) is 43.8 Å². The van der Waals surface area contributed by atoms with Gasteiger partial charge in [-0.2, -0.15) is 0 Å². The molecule has 1 aliphatic heterocycles. The van der Waals surface area contributed by atoms with E-state index < -0.39 is 0 Å². The second-order valence-corrected chi connectivity index (χ2v) is 10.8. The molecule has 36 heavy (non-hydrogen) atoms. The molecule has 1 aliphatic carbocycles. The summed E-state index contributed by atoms with van der Waals surface area (Å²) in [5, 5.41) is 0. The molecule has 184 valence electrons. The van der Waals surface area contributed by atoms with Crippen LogP contribution < -0.4 is 4.90 Å². The van der Waals surface area contributed by atoms with Crippen molar-refractivity contribution in [3.63, 3.8) is 0 Å². The van der Waals surface area contributed by atoms with E-state index in [9.17, 15) is 4.79 Å². The molecule has 5 heteroatoms. The number of benzene rings is 3. The summed E-state index contributed by atoms with van der Waals surface area (Å²) in [6.07, 6.45) is 6.08. The minimum absolute atomic E-state index is 0.0807. The number of hydrogen-bond donors (Lipinski definition) is 0. The number of amides is 1. The first-order valence-electron chi connectivity index (χ1n) is 12.5. The number of rotatable bonds is 4. The van der Waals surface area contributed by atoms with Gasteiger partial charge in [-0.3, -0.25) is 0 Å². The number of piperazine rings is 1. The van der Waals surface area contributed by atoms with Gasteiger partial charge in [-0.25, -0.2) is 4.79 Å². The third kappa shape index (κ3) is 4.26. The Hall–Kier alpha value is -2.98. The number of nitrogens with zero attached hydrogens (tertiary/aromatic N) is 2. The largest absolute Gasteiger partial charge is 0.448 e. The summed E-state index contributed by atoms with van der Waals surface area (Å²) < 4.78 is 7.17. The van der Waals surface area contributed by atoms with Gasteiger partial charge < -0.3 is 14.5 Å². The number of anilines is 1. The molecule has 3 aromatic rings. The number of ether oxygens (including phenoxy) is 1. The van der Waals surface area contributed by atoms with Gasteiger partial charge in [0, 0.05) is 47.8 Å². The van der Waals surface area contributed by atoms with E-state index in [0.717, 1.165) is 13.1 Å². The maximum atomic E-state index is 13.1. The fourth-order valence-electron chi connectivity index (χ4n) is 5.86. The van der Waals surface area contributed by atoms with Crippen molar-refractivity contribution in [2.75, 3.05) is 37.7 Å². The number of hydrogen-bond acceptors (Lipinski definition) is 3. The molecule has 0 unspecified atom stereocenters. The minimum Gasteiger partial charge on any atom is -0.448 e. The molecule has 0 atom stereocenters. The van der Waals surface area contributed by atoms with Crippen LogP contribution in [0.3, 0.4) is 0 Å². The third-order valence-electron chi connectivity index (χ3n) is 7.74. The van der Waals surface area contributed by atoms with Crippen LogP contribution in [0.25, 0.3) is 11.1 Å². The number of carbonyl (C=O) groups excluding carboxylic acids is 1. The van der Waals surface area contributed by atoms with Crippen molar-refractivity contribution in [3.05, 3.63) is 85.5 Å². The molecule has 0 radical (unpaired) electrons. The molecule has 0 spiro atoms. The average molecular weight is 591 g/mol. The Labute approximate surface area is 227 Å². The predicted octanol–water partition coefficient (Wildman–Crippen LogP) is 6.46. The second kappa shape index (κ2) is 10.2. The van der Waals surface area contributed by atoms with Gasteiger partial charge >= 0.3 is 6.09 Å². The van der Waals surface area contributed by atoms with Crippen molar-refractivity contribution in [2.24, 2.45) is 0 Å². The summed E-state index contributed by atoms with van der Waals surface area (Å²) >= 11 is 2.44. The van der Waals surface area contributed by atoms with Crippen molar-refractivity contribution in [2.45, 2.75) is 33.1 Å². The Morgan fingerprint density at radius 3 is 2.11 bits per heavy atom. The fourth-order valence-corrected chi connectivity index (χ4v) is 6.44. The summed E-state index contributed by atoms with van der Waals surface area (Å²) in [5.74, 6) is 2.90. The monoisotopic (exact) mass is 590 g/mol. The zero-order valence-corrected chi connectivity index (χ0v) is 23.3. The second-order valence-electron chi connectivity index (χ2n) is 9.68.